The van der Waals surface area contributed by atoms with Gasteiger partial charge < -0.3 is 15.0 Å². The minimum Gasteiger partial charge on any atom is -0.492 e. The zero-order valence-corrected chi connectivity index (χ0v) is 26.4. The second kappa shape index (κ2) is 15.1. The van der Waals surface area contributed by atoms with Crippen LogP contribution in [0.2, 0.25) is 5.02 Å². The largest absolute Gasteiger partial charge is 0.492 e. The van der Waals surface area contributed by atoms with Crippen molar-refractivity contribution < 1.29 is 22.7 Å². The van der Waals surface area contributed by atoms with Crippen LogP contribution in [-0.2, 0) is 26.2 Å². The van der Waals surface area contributed by atoms with E-state index in [4.69, 9.17) is 16.3 Å². The molecule has 3 aromatic rings. The molecule has 0 aliphatic heterocycles. The molecule has 0 aromatic heterocycles. The fourth-order valence-electron chi connectivity index (χ4n) is 4.46. The third-order valence-corrected chi connectivity index (χ3v) is 9.15. The van der Waals surface area contributed by atoms with Crippen LogP contribution in [0, 0.1) is 6.92 Å². The summed E-state index contributed by atoms with van der Waals surface area (Å²) in [6, 6.07) is 19.3. The number of ether oxygens (including phenoxy) is 1. The van der Waals surface area contributed by atoms with Crippen LogP contribution in [0.4, 0.5) is 5.69 Å². The van der Waals surface area contributed by atoms with Gasteiger partial charge in [-0.3, -0.25) is 13.9 Å². The molecule has 0 saturated carbocycles. The van der Waals surface area contributed by atoms with Gasteiger partial charge in [-0.25, -0.2) is 8.42 Å². The molecule has 1 N–H and O–H groups in total. The van der Waals surface area contributed by atoms with Crippen LogP contribution in [0.15, 0.2) is 77.7 Å². The Morgan fingerprint density at radius 3 is 2.19 bits per heavy atom. The lowest BCUT2D eigenvalue weighted by molar-refractivity contribution is -0.140. The maximum Gasteiger partial charge on any atom is 0.264 e. The van der Waals surface area contributed by atoms with Crippen LogP contribution in [0.3, 0.4) is 0 Å². The smallest absolute Gasteiger partial charge is 0.264 e. The van der Waals surface area contributed by atoms with Crippen molar-refractivity contribution in [3.63, 3.8) is 0 Å². The molecule has 0 heterocycles. The fourth-order valence-corrected chi connectivity index (χ4v) is 6.08. The minimum absolute atomic E-state index is 0.0243. The number of hydrogen-bond acceptors (Lipinski definition) is 5. The highest BCUT2D eigenvalue weighted by Gasteiger charge is 2.35. The van der Waals surface area contributed by atoms with Crippen LogP contribution in [0.1, 0.15) is 51.7 Å². The van der Waals surface area contributed by atoms with E-state index in [9.17, 15) is 18.0 Å². The third-order valence-electron chi connectivity index (χ3n) is 7.01. The lowest BCUT2D eigenvalue weighted by Gasteiger charge is -2.34. The first-order valence-corrected chi connectivity index (χ1v) is 16.0. The molecular formula is C32H40ClN3O5S. The van der Waals surface area contributed by atoms with E-state index < -0.39 is 28.5 Å². The number of rotatable bonds is 14. The Kier molecular flexibility index (Phi) is 11.8. The summed E-state index contributed by atoms with van der Waals surface area (Å²) in [6.45, 7) is 9.11. The molecule has 0 unspecified atom stereocenters. The van der Waals surface area contributed by atoms with E-state index in [-0.39, 0.29) is 29.1 Å². The first-order valence-electron chi connectivity index (χ1n) is 14.2. The third kappa shape index (κ3) is 8.04. The first-order chi connectivity index (χ1) is 20.0. The molecule has 226 valence electrons. The number of nitrogens with one attached hydrogen (secondary N) is 1. The number of anilines is 1. The molecule has 8 nitrogen and oxygen atoms in total. The number of amides is 2. The van der Waals surface area contributed by atoms with Gasteiger partial charge in [-0.15, -0.1) is 0 Å². The molecule has 42 heavy (non-hydrogen) atoms. The van der Waals surface area contributed by atoms with E-state index in [0.717, 1.165) is 16.3 Å². The van der Waals surface area contributed by atoms with Crippen molar-refractivity contribution in [3.8, 4) is 5.75 Å². The van der Waals surface area contributed by atoms with Crippen molar-refractivity contribution in [1.29, 1.82) is 0 Å². The first kappa shape index (κ1) is 32.9. The average Bonchev–Trinajstić information content (AvgIpc) is 2.97. The summed E-state index contributed by atoms with van der Waals surface area (Å²) >= 11 is 6.47. The summed E-state index contributed by atoms with van der Waals surface area (Å²) < 4.78 is 35.1. The van der Waals surface area contributed by atoms with Crippen LogP contribution in [-0.4, -0.2) is 50.4 Å². The van der Waals surface area contributed by atoms with Gasteiger partial charge in [0.1, 0.15) is 18.3 Å². The molecule has 0 spiro atoms. The zero-order valence-electron chi connectivity index (χ0n) is 24.8. The zero-order chi connectivity index (χ0) is 30.9. The van der Waals surface area contributed by atoms with Gasteiger partial charge in [0.15, 0.2) is 0 Å². The molecule has 0 bridgehead atoms. The molecule has 0 fully saturated rings. The number of carbonyl (C=O) groups excluding carboxylic acids is 2. The lowest BCUT2D eigenvalue weighted by Crippen LogP contribution is -2.53. The second-order valence-electron chi connectivity index (χ2n) is 10.1. The van der Waals surface area contributed by atoms with Crippen molar-refractivity contribution in [3.05, 3.63) is 88.9 Å². The van der Waals surface area contributed by atoms with Crippen molar-refractivity contribution in [2.75, 3.05) is 17.5 Å². The topological polar surface area (TPSA) is 96.0 Å². The Bertz CT molecular complexity index is 1460. The number of benzene rings is 3. The maximum absolute atomic E-state index is 14.3. The highest BCUT2D eigenvalue weighted by molar-refractivity contribution is 7.92. The Balaban J connectivity index is 2.12. The fraction of sp³-hybridized carbons (Fsp3) is 0.375. The second-order valence-corrected chi connectivity index (χ2v) is 12.3. The average molecular weight is 614 g/mol. The SMILES string of the molecule is CCOc1ccccc1N(CC(=O)N(Cc1ccccc1Cl)[C@@H](CC)C(=O)N[C@@H](C)CC)S(=O)(=O)c1ccc(C)cc1. The summed E-state index contributed by atoms with van der Waals surface area (Å²) in [4.78, 5) is 29.1. The van der Waals surface area contributed by atoms with Crippen molar-refractivity contribution >= 4 is 39.1 Å². The highest BCUT2D eigenvalue weighted by Crippen LogP contribution is 2.33. The predicted molar refractivity (Wildman–Crippen MR) is 167 cm³/mol. The van der Waals surface area contributed by atoms with E-state index in [2.05, 4.69) is 5.32 Å². The summed E-state index contributed by atoms with van der Waals surface area (Å²) in [5, 5.41) is 3.41. The molecule has 3 rings (SSSR count). The molecule has 0 saturated heterocycles. The van der Waals surface area contributed by atoms with Gasteiger partial charge in [0.05, 0.1) is 17.2 Å². The summed E-state index contributed by atoms with van der Waals surface area (Å²) in [7, 11) is -4.22. The van der Waals surface area contributed by atoms with E-state index >= 15 is 0 Å². The van der Waals surface area contributed by atoms with E-state index in [1.165, 1.54) is 17.0 Å². The normalized spacial score (nSPS) is 12.7. The molecule has 2 amide bonds. The molecule has 0 aliphatic carbocycles. The van der Waals surface area contributed by atoms with Gasteiger partial charge in [-0.2, -0.15) is 0 Å². The molecule has 0 aliphatic rings. The maximum atomic E-state index is 14.3. The standard InChI is InChI=1S/C32H40ClN3O5S/c1-6-24(5)34-32(38)28(7-2)35(21-25-13-9-10-14-27(25)33)31(37)22-36(29-15-11-12-16-30(29)41-8-3)42(39,40)26-19-17-23(4)18-20-26/h9-20,24,28H,6-8,21-22H2,1-5H3,(H,34,38)/t24-,28-/m0/s1. The number of halogens is 1. The summed E-state index contributed by atoms with van der Waals surface area (Å²) in [5.74, 6) is -0.541. The predicted octanol–water partition coefficient (Wildman–Crippen LogP) is 5.96. The van der Waals surface area contributed by atoms with Gasteiger partial charge >= 0.3 is 0 Å². The number of carbonyl (C=O) groups is 2. The van der Waals surface area contributed by atoms with E-state index in [1.54, 1.807) is 67.6 Å². The molecule has 3 aromatic carbocycles. The number of hydrogen-bond donors (Lipinski definition) is 1. The quantitative estimate of drug-likeness (QED) is 0.242. The summed E-state index contributed by atoms with van der Waals surface area (Å²) in [6.07, 6.45) is 1.04. The molecular weight excluding hydrogens is 574 g/mol. The Hall–Kier alpha value is -3.56. The number of para-hydroxylation sites is 2. The van der Waals surface area contributed by atoms with Gasteiger partial charge in [-0.05, 0) is 69.5 Å². The molecule has 0 radical (unpaired) electrons. The Morgan fingerprint density at radius 1 is 0.929 bits per heavy atom. The number of sulfonamides is 1. The van der Waals surface area contributed by atoms with Crippen molar-refractivity contribution in [2.45, 2.75) is 71.0 Å². The summed E-state index contributed by atoms with van der Waals surface area (Å²) in [5.41, 5.74) is 1.77. The van der Waals surface area contributed by atoms with E-state index in [0.29, 0.717) is 29.4 Å². The van der Waals surface area contributed by atoms with Gasteiger partial charge in [-0.1, -0.05) is 73.5 Å². The lowest BCUT2D eigenvalue weighted by atomic mass is 10.1. The van der Waals surface area contributed by atoms with Crippen LogP contribution < -0.4 is 14.4 Å². The van der Waals surface area contributed by atoms with Crippen LogP contribution >= 0.6 is 11.6 Å². The van der Waals surface area contributed by atoms with Gasteiger partial charge in [0.25, 0.3) is 10.0 Å². The Morgan fingerprint density at radius 2 is 1.57 bits per heavy atom. The molecule has 10 heteroatoms. The minimum atomic E-state index is -4.22. The number of aryl methyl sites for hydroxylation is 1. The van der Waals surface area contributed by atoms with E-state index in [1.807, 2.05) is 27.7 Å². The van der Waals surface area contributed by atoms with Gasteiger partial charge in [0.2, 0.25) is 11.8 Å². The monoisotopic (exact) mass is 613 g/mol. The van der Waals surface area contributed by atoms with Crippen molar-refractivity contribution in [1.82, 2.24) is 10.2 Å². The van der Waals surface area contributed by atoms with Crippen LogP contribution in [0.5, 0.6) is 5.75 Å². The van der Waals surface area contributed by atoms with Crippen molar-refractivity contribution in [2.24, 2.45) is 0 Å². The Labute approximate surface area is 254 Å². The van der Waals surface area contributed by atoms with Gasteiger partial charge in [0, 0.05) is 17.6 Å². The highest BCUT2D eigenvalue weighted by atomic mass is 35.5. The molecule has 2 atom stereocenters. The van der Waals surface area contributed by atoms with Crippen LogP contribution in [0.25, 0.3) is 0 Å². The number of nitrogens with zero attached hydrogens (tertiary/aromatic N) is 2.